The molecule has 2 N–H and O–H groups in total. The van der Waals surface area contributed by atoms with Gasteiger partial charge in [-0.25, -0.2) is 36.8 Å². The molecule has 1 fully saturated rings. The molecule has 1 aliphatic rings. The van der Waals surface area contributed by atoms with Gasteiger partial charge in [-0.1, -0.05) is 0 Å². The van der Waals surface area contributed by atoms with Gasteiger partial charge in [-0.15, -0.1) is 0 Å². The fourth-order valence-electron chi connectivity index (χ4n) is 2.99. The van der Waals surface area contributed by atoms with Crippen molar-refractivity contribution < 1.29 is 65.3 Å². The Labute approximate surface area is 219 Å². The lowest BCUT2D eigenvalue weighted by Gasteiger charge is -2.26. The summed E-state index contributed by atoms with van der Waals surface area (Å²) >= 11 is 0. The Morgan fingerprint density at radius 1 is 1.08 bits per heavy atom. The molecule has 1 aliphatic heterocycles. The van der Waals surface area contributed by atoms with Crippen molar-refractivity contribution in [2.45, 2.75) is 70.7 Å². The minimum Gasteiger partial charge on any atom is -0.432 e. The van der Waals surface area contributed by atoms with Crippen LogP contribution in [0.2, 0.25) is 0 Å². The molecule has 0 aliphatic carbocycles. The molecule has 2 heterocycles. The molecule has 0 spiro atoms. The predicted molar refractivity (Wildman–Crippen MR) is 122 cm³/mol. The number of nitrogens with zero attached hydrogens (tertiary/aromatic N) is 1. The summed E-state index contributed by atoms with van der Waals surface area (Å²) in [5.41, 5.74) is -5.00. The van der Waals surface area contributed by atoms with Crippen molar-refractivity contribution in [1.82, 2.24) is 9.55 Å². The van der Waals surface area contributed by atoms with E-state index in [-0.39, 0.29) is 0 Å². The Balaban J connectivity index is 2.17. The lowest BCUT2D eigenvalue weighted by Crippen LogP contribution is -2.47. The molecule has 0 saturated carbocycles. The quantitative estimate of drug-likeness (QED) is 0.203. The average molecular weight is 590 g/mol. The number of halogens is 2. The average Bonchev–Trinajstić information content (AvgIpc) is 2.97. The molecule has 2 rings (SSSR count). The first-order chi connectivity index (χ1) is 18.0. The Bertz CT molecular complexity index is 1140. The molecule has 0 amide bonds. The second-order valence-corrected chi connectivity index (χ2v) is 10.3. The zero-order valence-corrected chi connectivity index (χ0v) is 22.4. The highest BCUT2D eigenvalue weighted by Gasteiger charge is 2.65. The van der Waals surface area contributed by atoms with Crippen LogP contribution in [0.5, 0.6) is 0 Å². The summed E-state index contributed by atoms with van der Waals surface area (Å²) in [5, 5.41) is 10.3. The molecule has 19 heteroatoms. The monoisotopic (exact) mass is 590 g/mol. The Morgan fingerprint density at radius 2 is 1.59 bits per heavy atom. The van der Waals surface area contributed by atoms with E-state index in [1.807, 2.05) is 4.98 Å². The summed E-state index contributed by atoms with van der Waals surface area (Å²) in [7, 11) is -5.01. The molecule has 1 saturated heterocycles. The van der Waals surface area contributed by atoms with Crippen LogP contribution in [0.1, 0.15) is 40.8 Å². The van der Waals surface area contributed by atoms with E-state index < -0.39 is 87.6 Å². The summed E-state index contributed by atoms with van der Waals surface area (Å²) in [6.07, 6.45) is -7.60. The molecule has 16 nitrogen and oxygen atoms in total. The van der Waals surface area contributed by atoms with Crippen LogP contribution in [0.4, 0.5) is 18.4 Å². The lowest BCUT2D eigenvalue weighted by atomic mass is 9.97. The van der Waals surface area contributed by atoms with Crippen molar-refractivity contribution in [2.75, 3.05) is 20.2 Å². The molecular weight excluding hydrogens is 561 g/mol. The van der Waals surface area contributed by atoms with Crippen LogP contribution < -0.4 is 11.2 Å². The van der Waals surface area contributed by atoms with Crippen LogP contribution in [0, 0.1) is 0 Å². The van der Waals surface area contributed by atoms with Crippen molar-refractivity contribution in [3.8, 4) is 0 Å². The van der Waals surface area contributed by atoms with E-state index in [2.05, 4.69) is 18.9 Å². The zero-order valence-electron chi connectivity index (χ0n) is 21.5. The number of carbonyl (C=O) groups excluding carboxylic acids is 2. The van der Waals surface area contributed by atoms with Crippen molar-refractivity contribution in [2.24, 2.45) is 0 Å². The fourth-order valence-corrected chi connectivity index (χ4v) is 3.91. The number of alkyl halides is 2. The van der Waals surface area contributed by atoms with Gasteiger partial charge in [0.1, 0.15) is 6.61 Å². The number of phosphoric acid groups is 1. The number of hydrogen-bond donors (Lipinski definition) is 2. The van der Waals surface area contributed by atoms with E-state index in [1.165, 1.54) is 27.7 Å². The lowest BCUT2D eigenvalue weighted by molar-refractivity contribution is -0.206. The summed E-state index contributed by atoms with van der Waals surface area (Å²) in [6.45, 7) is 2.95. The van der Waals surface area contributed by atoms with Gasteiger partial charge in [-0.05, 0) is 34.6 Å². The Hall–Kier alpha value is -2.89. The number of rotatable bonds is 12. The molecule has 1 aromatic heterocycles. The van der Waals surface area contributed by atoms with Gasteiger partial charge in [0.05, 0.1) is 12.2 Å². The molecule has 1 aromatic rings. The third-order valence-corrected chi connectivity index (χ3v) is 5.98. The normalized spacial score (nSPS) is 25.1. The Morgan fingerprint density at radius 3 is 2.05 bits per heavy atom. The first kappa shape index (κ1) is 32.3. The maximum Gasteiger partial charge on any atom is 0.510 e. The van der Waals surface area contributed by atoms with E-state index in [0.29, 0.717) is 11.5 Å². The zero-order chi connectivity index (χ0) is 29.6. The molecule has 222 valence electrons. The summed E-state index contributed by atoms with van der Waals surface area (Å²) in [6, 6.07) is 0.826. The van der Waals surface area contributed by atoms with Gasteiger partial charge in [0.25, 0.3) is 11.4 Å². The van der Waals surface area contributed by atoms with Crippen molar-refractivity contribution >= 4 is 20.1 Å². The number of aliphatic hydroxyl groups excluding tert-OH is 1. The number of phosphoric ester groups is 1. The maximum atomic E-state index is 15.6. The van der Waals surface area contributed by atoms with Crippen LogP contribution in [-0.2, 0) is 41.8 Å². The van der Waals surface area contributed by atoms with Crippen LogP contribution >= 0.6 is 7.82 Å². The second-order valence-electron chi connectivity index (χ2n) is 8.66. The molecule has 0 aromatic carbocycles. The third-order valence-electron chi connectivity index (χ3n) is 4.70. The molecule has 0 radical (unpaired) electrons. The molecular formula is C20H29F2N2O14P. The van der Waals surface area contributed by atoms with Gasteiger partial charge in [0, 0.05) is 12.3 Å². The van der Waals surface area contributed by atoms with Crippen molar-refractivity contribution in [1.29, 1.82) is 0 Å². The largest absolute Gasteiger partial charge is 0.510 e. The van der Waals surface area contributed by atoms with E-state index in [4.69, 9.17) is 18.3 Å². The highest BCUT2D eigenvalue weighted by Crippen LogP contribution is 2.53. The van der Waals surface area contributed by atoms with Gasteiger partial charge >= 0.3 is 25.8 Å². The van der Waals surface area contributed by atoms with E-state index in [0.717, 1.165) is 12.3 Å². The van der Waals surface area contributed by atoms with Crippen LogP contribution in [-0.4, -0.2) is 77.0 Å². The SMILES string of the molecule is CC(C)OC(=O)OCOP(=O)(OCOC(=O)OC(C)C)OC[C@@]1(F)O[C@H](n2ccc(=O)[nH]c2=O)[C@](C)(F)[C@@H]1O. The van der Waals surface area contributed by atoms with Gasteiger partial charge in [0.2, 0.25) is 13.6 Å². The predicted octanol–water partition coefficient (Wildman–Crippen LogP) is 2.02. The first-order valence-corrected chi connectivity index (χ1v) is 12.7. The van der Waals surface area contributed by atoms with Crippen LogP contribution in [0.15, 0.2) is 21.9 Å². The number of carbonyl (C=O) groups is 2. The van der Waals surface area contributed by atoms with Gasteiger partial charge in [-0.3, -0.25) is 18.9 Å². The van der Waals surface area contributed by atoms with E-state index in [9.17, 15) is 28.8 Å². The fraction of sp³-hybridized carbons (Fsp3) is 0.700. The molecule has 0 unspecified atom stereocenters. The van der Waals surface area contributed by atoms with Crippen LogP contribution in [0.3, 0.4) is 0 Å². The highest BCUT2D eigenvalue weighted by atomic mass is 31.2. The first-order valence-electron chi connectivity index (χ1n) is 11.2. The number of aromatic amines is 1. The van der Waals surface area contributed by atoms with Gasteiger partial charge < -0.3 is 28.8 Å². The summed E-state index contributed by atoms with van der Waals surface area (Å²) in [4.78, 5) is 48.2. The number of hydrogen-bond acceptors (Lipinski definition) is 14. The van der Waals surface area contributed by atoms with E-state index in [1.54, 1.807) is 0 Å². The smallest absolute Gasteiger partial charge is 0.432 e. The van der Waals surface area contributed by atoms with Gasteiger partial charge in [0.15, 0.2) is 18.0 Å². The molecule has 4 atom stereocenters. The van der Waals surface area contributed by atoms with Crippen molar-refractivity contribution in [3.63, 3.8) is 0 Å². The van der Waals surface area contributed by atoms with Crippen LogP contribution in [0.25, 0.3) is 0 Å². The summed E-state index contributed by atoms with van der Waals surface area (Å²) < 4.78 is 82.1. The summed E-state index contributed by atoms with van der Waals surface area (Å²) in [5.74, 6) is -3.47. The Kier molecular flexibility index (Phi) is 10.8. The van der Waals surface area contributed by atoms with E-state index >= 15 is 8.78 Å². The maximum absolute atomic E-state index is 15.6. The number of aliphatic hydroxyl groups is 1. The highest BCUT2D eigenvalue weighted by molar-refractivity contribution is 7.48. The number of ether oxygens (including phenoxy) is 5. The standard InChI is InChI=1S/C20H29F2N2O14P/c1-11(2)36-17(28)31-9-34-39(30,35-10-32-18(29)37-12(3)4)33-8-20(22)14(26)19(5,21)15(38-20)24-7-6-13(25)23-16(24)27/h6-7,11-12,14-15,26H,8-10H2,1-5H3,(H,23,25,27)/t14-,15-,19+,20+/m0/s1. The minimum atomic E-state index is -5.01. The van der Waals surface area contributed by atoms with Gasteiger partial charge in [-0.2, -0.15) is 0 Å². The third kappa shape index (κ3) is 8.81. The number of aromatic nitrogens is 2. The number of nitrogens with one attached hydrogen (secondary N) is 1. The second kappa shape index (κ2) is 13.0. The van der Waals surface area contributed by atoms with Crippen molar-refractivity contribution in [3.05, 3.63) is 33.1 Å². The topological polar surface area (TPSA) is 200 Å². The minimum absolute atomic E-state index is 0.473. The number of H-pyrrole nitrogens is 1. The molecule has 39 heavy (non-hydrogen) atoms. The molecule has 0 bridgehead atoms.